The molecule has 2 atom stereocenters. The number of aromatic hydroxyl groups is 1. The summed E-state index contributed by atoms with van der Waals surface area (Å²) in [5, 5.41) is 10.7. The second-order valence-electron chi connectivity index (χ2n) is 8.22. The van der Waals surface area contributed by atoms with Crippen molar-refractivity contribution in [1.82, 2.24) is 0 Å². The lowest BCUT2D eigenvalue weighted by Gasteiger charge is -2.19. The van der Waals surface area contributed by atoms with Crippen LogP contribution in [0, 0.1) is 12.3 Å². The molecular formula is C22H28O4S. The van der Waals surface area contributed by atoms with Gasteiger partial charge in [-0.05, 0) is 63.0 Å². The summed E-state index contributed by atoms with van der Waals surface area (Å²) < 4.78 is 11.5. The summed E-state index contributed by atoms with van der Waals surface area (Å²) in [6.45, 7) is 4.95. The zero-order chi connectivity index (χ0) is 19.0. The fourth-order valence-corrected chi connectivity index (χ4v) is 5.49. The second-order valence-corrected chi connectivity index (χ2v) is 9.54. The van der Waals surface area contributed by atoms with Crippen LogP contribution in [0.5, 0.6) is 5.75 Å². The Hall–Kier alpha value is -1.59. The molecule has 2 aliphatic rings. The van der Waals surface area contributed by atoms with Crippen LogP contribution in [0.3, 0.4) is 0 Å². The lowest BCUT2D eigenvalue weighted by molar-refractivity contribution is 0.0843. The summed E-state index contributed by atoms with van der Waals surface area (Å²) in [6, 6.07) is 5.77. The Labute approximate surface area is 164 Å². The summed E-state index contributed by atoms with van der Waals surface area (Å²) in [4.78, 5) is 15.0. The van der Waals surface area contributed by atoms with Gasteiger partial charge in [0, 0.05) is 34.8 Å². The molecule has 2 aromatic heterocycles. The molecule has 5 heteroatoms. The van der Waals surface area contributed by atoms with E-state index in [0.29, 0.717) is 23.8 Å². The normalized spacial score (nSPS) is 22.1. The minimum atomic E-state index is -0.393. The molecule has 0 amide bonds. The zero-order valence-corrected chi connectivity index (χ0v) is 16.9. The summed E-state index contributed by atoms with van der Waals surface area (Å²) in [5.74, 6) is 0.566. The Morgan fingerprint density at radius 1 is 1.37 bits per heavy atom. The van der Waals surface area contributed by atoms with Gasteiger partial charge in [-0.25, -0.2) is 4.79 Å². The minimum Gasteiger partial charge on any atom is -0.507 e. The third kappa shape index (κ3) is 3.99. The smallest absolute Gasteiger partial charge is 0.343 e. The highest BCUT2D eigenvalue weighted by molar-refractivity contribution is 7.12. The predicted octanol–water partition coefficient (Wildman–Crippen LogP) is 5.15. The highest BCUT2D eigenvalue weighted by Crippen LogP contribution is 2.53. The van der Waals surface area contributed by atoms with Crippen molar-refractivity contribution in [3.8, 4) is 5.75 Å². The van der Waals surface area contributed by atoms with E-state index in [-0.39, 0.29) is 17.1 Å². The molecule has 1 N–H and O–H groups in total. The maximum atomic E-state index is 12.7. The number of thiophene rings is 1. The van der Waals surface area contributed by atoms with Gasteiger partial charge in [-0.3, -0.25) is 0 Å². The Bertz CT molecular complexity index is 855. The number of rotatable bonds is 7. The van der Waals surface area contributed by atoms with Crippen molar-refractivity contribution in [3.05, 3.63) is 49.7 Å². The topological polar surface area (TPSA) is 59.7 Å². The molecule has 2 unspecified atom stereocenters. The lowest BCUT2D eigenvalue weighted by Crippen LogP contribution is -2.18. The Balaban J connectivity index is 1.56. The molecule has 1 aliphatic carbocycles. The first-order chi connectivity index (χ1) is 13.0. The van der Waals surface area contributed by atoms with Crippen molar-refractivity contribution in [1.29, 1.82) is 0 Å². The quantitative estimate of drug-likeness (QED) is 0.713. The highest BCUT2D eigenvalue weighted by atomic mass is 32.1. The Kier molecular flexibility index (Phi) is 5.17. The SMILES string of the molecule is CCC(c1ccc(C)s1)c1c(O)cc(CC2(CC3CCCO3)CC2)oc1=O. The first kappa shape index (κ1) is 18.8. The molecule has 0 radical (unpaired) electrons. The van der Waals surface area contributed by atoms with Crippen molar-refractivity contribution in [3.63, 3.8) is 0 Å². The van der Waals surface area contributed by atoms with E-state index < -0.39 is 5.63 Å². The van der Waals surface area contributed by atoms with E-state index in [2.05, 4.69) is 13.0 Å². The van der Waals surface area contributed by atoms with Crippen LogP contribution < -0.4 is 5.63 Å². The highest BCUT2D eigenvalue weighted by Gasteiger charge is 2.45. The molecule has 2 fully saturated rings. The minimum absolute atomic E-state index is 0.0760. The molecule has 1 aliphatic heterocycles. The molecule has 4 rings (SSSR count). The van der Waals surface area contributed by atoms with Gasteiger partial charge in [0.25, 0.3) is 0 Å². The van der Waals surface area contributed by atoms with Crippen LogP contribution >= 0.6 is 11.3 Å². The van der Waals surface area contributed by atoms with E-state index >= 15 is 0 Å². The van der Waals surface area contributed by atoms with Gasteiger partial charge < -0.3 is 14.3 Å². The molecule has 0 bridgehead atoms. The number of hydrogen-bond acceptors (Lipinski definition) is 5. The lowest BCUT2D eigenvalue weighted by atomic mass is 9.91. The fraction of sp³-hybridized carbons (Fsp3) is 0.591. The summed E-state index contributed by atoms with van der Waals surface area (Å²) in [7, 11) is 0. The molecular weight excluding hydrogens is 360 g/mol. The molecule has 1 saturated carbocycles. The molecule has 2 aromatic rings. The Morgan fingerprint density at radius 3 is 2.74 bits per heavy atom. The van der Waals surface area contributed by atoms with Crippen molar-refractivity contribution >= 4 is 11.3 Å². The monoisotopic (exact) mass is 388 g/mol. The zero-order valence-electron chi connectivity index (χ0n) is 16.1. The molecule has 3 heterocycles. The first-order valence-electron chi connectivity index (χ1n) is 10.0. The maximum absolute atomic E-state index is 12.7. The van der Waals surface area contributed by atoms with Gasteiger partial charge in [-0.2, -0.15) is 0 Å². The van der Waals surface area contributed by atoms with E-state index in [9.17, 15) is 9.90 Å². The van der Waals surface area contributed by atoms with E-state index in [1.165, 1.54) is 4.88 Å². The van der Waals surface area contributed by atoms with Crippen LogP contribution in [0.4, 0.5) is 0 Å². The molecule has 0 aromatic carbocycles. The standard InChI is InChI=1S/C22H28O4S/c1-3-17(19-7-6-14(2)27-19)20-18(23)11-16(26-21(20)24)13-22(8-9-22)12-15-5-4-10-25-15/h6-7,11,15,17,23H,3-5,8-10,12-13H2,1-2H3. The second kappa shape index (κ2) is 7.44. The molecule has 4 nitrogen and oxygen atoms in total. The van der Waals surface area contributed by atoms with Crippen LogP contribution in [-0.4, -0.2) is 17.8 Å². The third-order valence-electron chi connectivity index (χ3n) is 6.07. The largest absolute Gasteiger partial charge is 0.507 e. The molecule has 1 saturated heterocycles. The molecule has 146 valence electrons. The number of ether oxygens (including phenoxy) is 1. The molecule has 27 heavy (non-hydrogen) atoms. The maximum Gasteiger partial charge on any atom is 0.343 e. The van der Waals surface area contributed by atoms with Crippen molar-refractivity contribution in [2.75, 3.05) is 6.61 Å². The Morgan fingerprint density at radius 2 is 2.19 bits per heavy atom. The van der Waals surface area contributed by atoms with Crippen LogP contribution in [0.25, 0.3) is 0 Å². The summed E-state index contributed by atoms with van der Waals surface area (Å²) in [5.41, 5.74) is 0.191. The van der Waals surface area contributed by atoms with Gasteiger partial charge in [0.2, 0.25) is 0 Å². The average molecular weight is 389 g/mol. The summed E-state index contributed by atoms with van der Waals surface area (Å²) in [6.07, 6.45) is 7.41. The van der Waals surface area contributed by atoms with E-state index in [4.69, 9.17) is 9.15 Å². The van der Waals surface area contributed by atoms with Gasteiger partial charge in [0.15, 0.2) is 0 Å². The van der Waals surface area contributed by atoms with E-state index in [0.717, 1.165) is 50.0 Å². The van der Waals surface area contributed by atoms with Crippen LogP contribution in [0.15, 0.2) is 27.4 Å². The van der Waals surface area contributed by atoms with E-state index in [1.54, 1.807) is 17.4 Å². The van der Waals surface area contributed by atoms with Crippen LogP contribution in [0.2, 0.25) is 0 Å². The van der Waals surface area contributed by atoms with E-state index in [1.807, 2.05) is 13.0 Å². The van der Waals surface area contributed by atoms with Crippen LogP contribution in [-0.2, 0) is 11.2 Å². The van der Waals surface area contributed by atoms with Crippen LogP contribution in [0.1, 0.15) is 72.4 Å². The predicted molar refractivity (Wildman–Crippen MR) is 107 cm³/mol. The van der Waals surface area contributed by atoms with Crippen molar-refractivity contribution in [2.24, 2.45) is 5.41 Å². The summed E-state index contributed by atoms with van der Waals surface area (Å²) >= 11 is 1.67. The van der Waals surface area contributed by atoms with Gasteiger partial charge >= 0.3 is 5.63 Å². The number of hydrogen-bond donors (Lipinski definition) is 1. The van der Waals surface area contributed by atoms with Gasteiger partial charge in [0.1, 0.15) is 11.5 Å². The first-order valence-corrected chi connectivity index (χ1v) is 10.9. The van der Waals surface area contributed by atoms with Crippen molar-refractivity contribution in [2.45, 2.75) is 70.8 Å². The average Bonchev–Trinajstić information content (AvgIpc) is 2.99. The third-order valence-corrected chi connectivity index (χ3v) is 7.18. The molecule has 0 spiro atoms. The van der Waals surface area contributed by atoms with Gasteiger partial charge in [0.05, 0.1) is 11.7 Å². The number of aryl methyl sites for hydroxylation is 1. The van der Waals surface area contributed by atoms with Gasteiger partial charge in [-0.1, -0.05) is 6.92 Å². The van der Waals surface area contributed by atoms with Crippen molar-refractivity contribution < 1.29 is 14.3 Å². The fourth-order valence-electron chi connectivity index (χ4n) is 4.42. The van der Waals surface area contributed by atoms with Gasteiger partial charge in [-0.15, -0.1) is 11.3 Å².